The van der Waals surface area contributed by atoms with Gasteiger partial charge in [-0.05, 0) is 62.6 Å². The number of nitrogens with one attached hydrogen (secondary N) is 1. The largest absolute Gasteiger partial charge is 0.339 e. The molecule has 0 bridgehead atoms. The number of aromatic nitrogens is 3. The lowest BCUT2D eigenvalue weighted by molar-refractivity contribution is 0.312. The number of halogens is 1. The highest BCUT2D eigenvalue weighted by molar-refractivity contribution is 7.89. The highest BCUT2D eigenvalue weighted by atomic mass is 32.2. The minimum absolute atomic E-state index is 0.0356. The van der Waals surface area contributed by atoms with Crippen molar-refractivity contribution >= 4 is 21.5 Å². The summed E-state index contributed by atoms with van der Waals surface area (Å²) >= 11 is 0. The number of sulfonamides is 1. The highest BCUT2D eigenvalue weighted by Crippen LogP contribution is 2.32. The fourth-order valence-electron chi connectivity index (χ4n) is 3.93. The van der Waals surface area contributed by atoms with Crippen molar-refractivity contribution in [2.45, 2.75) is 37.5 Å². The van der Waals surface area contributed by atoms with E-state index in [1.54, 1.807) is 25.5 Å². The van der Waals surface area contributed by atoms with Gasteiger partial charge in [0.15, 0.2) is 0 Å². The molecule has 1 aliphatic rings. The van der Waals surface area contributed by atoms with Crippen LogP contribution in [0.1, 0.15) is 35.7 Å². The summed E-state index contributed by atoms with van der Waals surface area (Å²) in [4.78, 5) is 13.1. The Morgan fingerprint density at radius 2 is 2.00 bits per heavy atom. The van der Waals surface area contributed by atoms with Crippen molar-refractivity contribution in [3.8, 4) is 0 Å². The Bertz CT molecular complexity index is 1190. The first kappa shape index (κ1) is 21.3. The fraction of sp³-hybridized carbons (Fsp3) is 0.318. The molecule has 1 aliphatic heterocycles. The quantitative estimate of drug-likeness (QED) is 0.645. The summed E-state index contributed by atoms with van der Waals surface area (Å²) in [5, 5.41) is 3.22. The van der Waals surface area contributed by atoms with E-state index in [4.69, 9.17) is 0 Å². The van der Waals surface area contributed by atoms with Crippen LogP contribution in [0, 0.1) is 19.7 Å². The lowest BCUT2D eigenvalue weighted by Crippen LogP contribution is -2.39. The van der Waals surface area contributed by atoms with E-state index in [1.807, 2.05) is 19.1 Å². The summed E-state index contributed by atoms with van der Waals surface area (Å²) in [6, 6.07) is 7.63. The minimum atomic E-state index is -3.71. The molecule has 0 saturated carbocycles. The topological polar surface area (TPSA) is 88.1 Å². The maximum Gasteiger partial charge on any atom is 0.243 e. The molecule has 1 atom stereocenters. The Balaban J connectivity index is 1.58. The Kier molecular flexibility index (Phi) is 5.97. The fourth-order valence-corrected chi connectivity index (χ4v) is 5.66. The lowest BCUT2D eigenvalue weighted by Gasteiger charge is -2.32. The Morgan fingerprint density at radius 1 is 1.16 bits per heavy atom. The SMILES string of the molecule is Cc1cc(Nc2cnccn2)cc([C@H]2CCCN(S(=O)(=O)c3ccc(F)cc3C)C2)n1. The van der Waals surface area contributed by atoms with E-state index in [9.17, 15) is 12.8 Å². The smallest absolute Gasteiger partial charge is 0.243 e. The molecule has 1 N–H and O–H groups in total. The third-order valence-corrected chi connectivity index (χ3v) is 7.39. The molecule has 9 heteroatoms. The molecule has 0 aliphatic carbocycles. The molecule has 3 heterocycles. The van der Waals surface area contributed by atoms with E-state index >= 15 is 0 Å². The van der Waals surface area contributed by atoms with Gasteiger partial charge in [-0.1, -0.05) is 0 Å². The summed E-state index contributed by atoms with van der Waals surface area (Å²) in [7, 11) is -3.71. The number of anilines is 2. The number of aryl methyl sites for hydroxylation is 2. The van der Waals surface area contributed by atoms with Crippen molar-refractivity contribution in [2.24, 2.45) is 0 Å². The molecule has 162 valence electrons. The van der Waals surface area contributed by atoms with Gasteiger partial charge in [0.1, 0.15) is 11.6 Å². The van der Waals surface area contributed by atoms with Crippen molar-refractivity contribution in [3.05, 3.63) is 71.7 Å². The van der Waals surface area contributed by atoms with Crippen LogP contribution < -0.4 is 5.32 Å². The number of rotatable bonds is 5. The lowest BCUT2D eigenvalue weighted by atomic mass is 9.95. The number of nitrogens with zero attached hydrogens (tertiary/aromatic N) is 4. The van der Waals surface area contributed by atoms with Crippen LogP contribution in [-0.4, -0.2) is 40.8 Å². The number of pyridine rings is 1. The van der Waals surface area contributed by atoms with Gasteiger partial charge in [-0.25, -0.2) is 17.8 Å². The van der Waals surface area contributed by atoms with Crippen LogP contribution in [0.15, 0.2) is 53.8 Å². The Hall–Kier alpha value is -2.91. The predicted molar refractivity (Wildman–Crippen MR) is 116 cm³/mol. The summed E-state index contributed by atoms with van der Waals surface area (Å²) in [6.07, 6.45) is 6.42. The van der Waals surface area contributed by atoms with Crippen LogP contribution in [0.4, 0.5) is 15.9 Å². The van der Waals surface area contributed by atoms with Crippen LogP contribution in [0.2, 0.25) is 0 Å². The summed E-state index contributed by atoms with van der Waals surface area (Å²) in [5.74, 6) is 0.144. The second-order valence-electron chi connectivity index (χ2n) is 7.75. The van der Waals surface area contributed by atoms with Gasteiger partial charge in [-0.3, -0.25) is 9.97 Å². The molecule has 7 nitrogen and oxygen atoms in total. The summed E-state index contributed by atoms with van der Waals surface area (Å²) < 4.78 is 41.4. The molecule has 1 saturated heterocycles. The first-order valence-corrected chi connectivity index (χ1v) is 11.5. The first-order valence-electron chi connectivity index (χ1n) is 10.1. The molecule has 31 heavy (non-hydrogen) atoms. The van der Waals surface area contributed by atoms with Gasteiger partial charge in [0.25, 0.3) is 0 Å². The molecule has 3 aromatic rings. The normalized spacial score (nSPS) is 17.5. The molecule has 1 fully saturated rings. The van der Waals surface area contributed by atoms with E-state index < -0.39 is 15.8 Å². The van der Waals surface area contributed by atoms with Crippen molar-refractivity contribution < 1.29 is 12.8 Å². The Labute approximate surface area is 181 Å². The summed E-state index contributed by atoms with van der Waals surface area (Å²) in [5.41, 5.74) is 2.91. The van der Waals surface area contributed by atoms with E-state index in [0.29, 0.717) is 24.5 Å². The third kappa shape index (κ3) is 4.72. The van der Waals surface area contributed by atoms with E-state index in [1.165, 1.54) is 22.5 Å². The molecule has 4 rings (SSSR count). The highest BCUT2D eigenvalue weighted by Gasteiger charge is 2.32. The monoisotopic (exact) mass is 441 g/mol. The average Bonchev–Trinajstić information content (AvgIpc) is 2.74. The molecule has 1 aromatic carbocycles. The van der Waals surface area contributed by atoms with Crippen LogP contribution in [0.5, 0.6) is 0 Å². The molecule has 2 aromatic heterocycles. The molecule has 0 spiro atoms. The van der Waals surface area contributed by atoms with Gasteiger partial charge in [0.05, 0.1) is 11.1 Å². The number of piperidine rings is 1. The Morgan fingerprint density at radius 3 is 2.74 bits per heavy atom. The average molecular weight is 442 g/mol. The van der Waals surface area contributed by atoms with Gasteiger partial charge in [-0.2, -0.15) is 4.31 Å². The molecular formula is C22H24FN5O2S. The minimum Gasteiger partial charge on any atom is -0.339 e. The van der Waals surface area contributed by atoms with Gasteiger partial charge in [-0.15, -0.1) is 0 Å². The number of benzene rings is 1. The second kappa shape index (κ2) is 8.68. The zero-order chi connectivity index (χ0) is 22.0. The zero-order valence-electron chi connectivity index (χ0n) is 17.4. The maximum absolute atomic E-state index is 13.5. The maximum atomic E-state index is 13.5. The van der Waals surface area contributed by atoms with Crippen LogP contribution >= 0.6 is 0 Å². The van der Waals surface area contributed by atoms with Gasteiger partial charge in [0, 0.05) is 48.5 Å². The molecule has 0 amide bonds. The first-order chi connectivity index (χ1) is 14.8. The van der Waals surface area contributed by atoms with Crippen LogP contribution in [0.3, 0.4) is 0 Å². The van der Waals surface area contributed by atoms with Crippen LogP contribution in [-0.2, 0) is 10.0 Å². The van der Waals surface area contributed by atoms with Gasteiger partial charge in [0.2, 0.25) is 10.0 Å². The van der Waals surface area contributed by atoms with E-state index in [-0.39, 0.29) is 10.8 Å². The molecule has 0 unspecified atom stereocenters. The predicted octanol–water partition coefficient (Wildman–Crippen LogP) is 3.94. The van der Waals surface area contributed by atoms with E-state index in [0.717, 1.165) is 29.9 Å². The second-order valence-corrected chi connectivity index (χ2v) is 9.66. The number of hydrogen-bond acceptors (Lipinski definition) is 6. The third-order valence-electron chi connectivity index (χ3n) is 5.37. The van der Waals surface area contributed by atoms with Crippen LogP contribution in [0.25, 0.3) is 0 Å². The van der Waals surface area contributed by atoms with Crippen molar-refractivity contribution in [3.63, 3.8) is 0 Å². The van der Waals surface area contributed by atoms with Gasteiger partial charge >= 0.3 is 0 Å². The molecule has 0 radical (unpaired) electrons. The molecular weight excluding hydrogens is 417 g/mol. The number of hydrogen-bond donors (Lipinski definition) is 1. The van der Waals surface area contributed by atoms with E-state index in [2.05, 4.69) is 20.3 Å². The van der Waals surface area contributed by atoms with Gasteiger partial charge < -0.3 is 5.32 Å². The van der Waals surface area contributed by atoms with Crippen molar-refractivity contribution in [1.29, 1.82) is 0 Å². The van der Waals surface area contributed by atoms with Crippen molar-refractivity contribution in [1.82, 2.24) is 19.3 Å². The standard InChI is InChI=1S/C22H24FN5O2S/c1-15-10-18(23)5-6-21(15)31(29,30)28-9-3-4-17(14-28)20-12-19(11-16(2)26-20)27-22-13-24-7-8-25-22/h5-8,10-13,17H,3-4,9,14H2,1-2H3,(H,25,26,27)/t17-/m0/s1. The zero-order valence-corrected chi connectivity index (χ0v) is 18.2. The van der Waals surface area contributed by atoms with Crippen molar-refractivity contribution in [2.75, 3.05) is 18.4 Å². The summed E-state index contributed by atoms with van der Waals surface area (Å²) in [6.45, 7) is 4.29.